The largest absolute Gasteiger partial charge is 0.490 e. The number of pyridine rings is 1. The van der Waals surface area contributed by atoms with Gasteiger partial charge in [-0.05, 0) is 51.0 Å². The molecule has 0 aliphatic rings. The first-order valence-corrected chi connectivity index (χ1v) is 8.23. The van der Waals surface area contributed by atoms with E-state index in [0.717, 1.165) is 11.1 Å². The van der Waals surface area contributed by atoms with Gasteiger partial charge in [-0.25, -0.2) is 0 Å². The third-order valence-corrected chi connectivity index (χ3v) is 3.68. The van der Waals surface area contributed by atoms with Gasteiger partial charge in [0.15, 0.2) is 11.5 Å². The Morgan fingerprint density at radius 2 is 1.96 bits per heavy atom. The number of H-pyrrole nitrogens is 1. The standard InChI is InChI=1S/C20H22N2O3/c1-5-8-14-10-15(11-18(24-6-2)19(14)25-7-3)16-9-13(4)22-20(23)17(16)12-21/h5,9-11H,1,6-8H2,2-4H3,(H,22,23). The van der Waals surface area contributed by atoms with Crippen molar-refractivity contribution in [2.75, 3.05) is 13.2 Å². The van der Waals surface area contributed by atoms with E-state index < -0.39 is 5.56 Å². The number of nitrogens with one attached hydrogen (secondary N) is 1. The Hall–Kier alpha value is -3.00. The van der Waals surface area contributed by atoms with Crippen LogP contribution >= 0.6 is 0 Å². The Balaban J connectivity index is 2.77. The first-order valence-electron chi connectivity index (χ1n) is 8.23. The molecule has 2 rings (SSSR count). The molecule has 1 aromatic carbocycles. The minimum absolute atomic E-state index is 0.0850. The summed E-state index contributed by atoms with van der Waals surface area (Å²) in [7, 11) is 0. The van der Waals surface area contributed by atoms with E-state index in [2.05, 4.69) is 11.6 Å². The van der Waals surface area contributed by atoms with E-state index in [0.29, 0.717) is 42.4 Å². The fourth-order valence-electron chi connectivity index (χ4n) is 2.72. The van der Waals surface area contributed by atoms with Crippen LogP contribution in [0.25, 0.3) is 11.1 Å². The van der Waals surface area contributed by atoms with Gasteiger partial charge in [-0.1, -0.05) is 6.08 Å². The van der Waals surface area contributed by atoms with Crippen LogP contribution in [0.5, 0.6) is 11.5 Å². The van der Waals surface area contributed by atoms with Crippen molar-refractivity contribution in [2.24, 2.45) is 0 Å². The number of hydrogen-bond donors (Lipinski definition) is 1. The second kappa shape index (κ2) is 8.20. The van der Waals surface area contributed by atoms with Crippen molar-refractivity contribution < 1.29 is 9.47 Å². The summed E-state index contributed by atoms with van der Waals surface area (Å²) in [5.74, 6) is 1.27. The average Bonchev–Trinajstić information content (AvgIpc) is 2.57. The Morgan fingerprint density at radius 1 is 1.24 bits per heavy atom. The summed E-state index contributed by atoms with van der Waals surface area (Å²) in [5, 5.41) is 9.39. The smallest absolute Gasteiger partial charge is 0.266 e. The number of rotatable bonds is 7. The van der Waals surface area contributed by atoms with E-state index in [9.17, 15) is 10.1 Å². The lowest BCUT2D eigenvalue weighted by Gasteiger charge is -2.17. The monoisotopic (exact) mass is 338 g/mol. The molecule has 1 N–H and O–H groups in total. The normalized spacial score (nSPS) is 10.2. The highest BCUT2D eigenvalue weighted by Crippen LogP contribution is 2.38. The Labute approximate surface area is 147 Å². The van der Waals surface area contributed by atoms with Gasteiger partial charge in [-0.2, -0.15) is 5.26 Å². The van der Waals surface area contributed by atoms with E-state index in [-0.39, 0.29) is 5.56 Å². The quantitative estimate of drug-likeness (QED) is 0.780. The molecular formula is C20H22N2O3. The average molecular weight is 338 g/mol. The van der Waals surface area contributed by atoms with Crippen molar-refractivity contribution in [3.8, 4) is 28.7 Å². The van der Waals surface area contributed by atoms with Gasteiger partial charge in [0.1, 0.15) is 11.6 Å². The number of hydrogen-bond acceptors (Lipinski definition) is 4. The predicted octanol–water partition coefficient (Wildman–Crippen LogP) is 3.75. The molecule has 5 heteroatoms. The zero-order chi connectivity index (χ0) is 18.4. The SMILES string of the molecule is C=CCc1cc(-c2cc(C)[nH]c(=O)c2C#N)cc(OCC)c1OCC. The van der Waals surface area contributed by atoms with Gasteiger partial charge in [-0.15, -0.1) is 6.58 Å². The van der Waals surface area contributed by atoms with Crippen LogP contribution in [0.15, 0.2) is 35.6 Å². The predicted molar refractivity (Wildman–Crippen MR) is 98.2 cm³/mol. The van der Waals surface area contributed by atoms with Crippen LogP contribution < -0.4 is 15.0 Å². The van der Waals surface area contributed by atoms with E-state index >= 15 is 0 Å². The molecule has 0 aliphatic carbocycles. The van der Waals surface area contributed by atoms with Crippen molar-refractivity contribution in [1.29, 1.82) is 5.26 Å². The topological polar surface area (TPSA) is 75.1 Å². The molecule has 0 unspecified atom stereocenters. The minimum atomic E-state index is -0.394. The summed E-state index contributed by atoms with van der Waals surface area (Å²) < 4.78 is 11.5. The minimum Gasteiger partial charge on any atom is -0.490 e. The molecule has 1 aromatic heterocycles. The zero-order valence-electron chi connectivity index (χ0n) is 14.8. The number of ether oxygens (including phenoxy) is 2. The zero-order valence-corrected chi connectivity index (χ0v) is 14.8. The maximum Gasteiger partial charge on any atom is 0.266 e. The third-order valence-electron chi connectivity index (χ3n) is 3.68. The Kier molecular flexibility index (Phi) is 6.02. The Bertz CT molecular complexity index is 876. The van der Waals surface area contributed by atoms with Gasteiger partial charge in [-0.3, -0.25) is 4.79 Å². The van der Waals surface area contributed by atoms with Crippen LogP contribution in [-0.4, -0.2) is 18.2 Å². The molecule has 0 saturated carbocycles. The molecule has 0 spiro atoms. The number of allylic oxidation sites excluding steroid dienone is 1. The van der Waals surface area contributed by atoms with Crippen LogP contribution in [0.1, 0.15) is 30.7 Å². The second-order valence-corrected chi connectivity index (χ2v) is 5.50. The highest BCUT2D eigenvalue weighted by atomic mass is 16.5. The lowest BCUT2D eigenvalue weighted by molar-refractivity contribution is 0.286. The molecule has 0 bridgehead atoms. The van der Waals surface area contributed by atoms with E-state index in [1.54, 1.807) is 19.1 Å². The van der Waals surface area contributed by atoms with Crippen LogP contribution in [0, 0.1) is 18.3 Å². The Morgan fingerprint density at radius 3 is 2.56 bits per heavy atom. The summed E-state index contributed by atoms with van der Waals surface area (Å²) in [4.78, 5) is 14.8. The number of benzene rings is 1. The molecule has 0 aliphatic heterocycles. The molecule has 0 amide bonds. The molecule has 5 nitrogen and oxygen atoms in total. The summed E-state index contributed by atoms with van der Waals surface area (Å²) in [6.07, 6.45) is 2.37. The fraction of sp³-hybridized carbons (Fsp3) is 0.300. The first-order chi connectivity index (χ1) is 12.0. The maximum absolute atomic E-state index is 12.1. The summed E-state index contributed by atoms with van der Waals surface area (Å²) >= 11 is 0. The first kappa shape index (κ1) is 18.3. The molecule has 0 radical (unpaired) electrons. The number of aromatic amines is 1. The van der Waals surface area contributed by atoms with Gasteiger partial charge >= 0.3 is 0 Å². The van der Waals surface area contributed by atoms with Gasteiger partial charge in [0, 0.05) is 16.8 Å². The van der Waals surface area contributed by atoms with Crippen LogP contribution in [0.3, 0.4) is 0 Å². The van der Waals surface area contributed by atoms with E-state index in [1.165, 1.54) is 0 Å². The summed E-state index contributed by atoms with van der Waals surface area (Å²) in [5.41, 5.74) is 2.61. The number of aryl methyl sites for hydroxylation is 1. The second-order valence-electron chi connectivity index (χ2n) is 5.50. The lowest BCUT2D eigenvalue weighted by Crippen LogP contribution is -2.13. The highest BCUT2D eigenvalue weighted by Gasteiger charge is 2.17. The fourth-order valence-corrected chi connectivity index (χ4v) is 2.72. The van der Waals surface area contributed by atoms with Crippen molar-refractivity contribution >= 4 is 0 Å². The molecule has 130 valence electrons. The van der Waals surface area contributed by atoms with E-state index in [4.69, 9.17) is 9.47 Å². The highest BCUT2D eigenvalue weighted by molar-refractivity contribution is 5.74. The van der Waals surface area contributed by atoms with Gasteiger partial charge in [0.05, 0.1) is 13.2 Å². The van der Waals surface area contributed by atoms with Gasteiger partial charge in [0.2, 0.25) is 0 Å². The van der Waals surface area contributed by atoms with E-state index in [1.807, 2.05) is 32.0 Å². The molecule has 2 aromatic rings. The van der Waals surface area contributed by atoms with Crippen molar-refractivity contribution in [3.05, 3.63) is 58.0 Å². The van der Waals surface area contributed by atoms with Crippen LogP contribution in [-0.2, 0) is 6.42 Å². The van der Waals surface area contributed by atoms with Crippen molar-refractivity contribution in [3.63, 3.8) is 0 Å². The molecule has 1 heterocycles. The molecule has 25 heavy (non-hydrogen) atoms. The molecule has 0 atom stereocenters. The van der Waals surface area contributed by atoms with Crippen LogP contribution in [0.2, 0.25) is 0 Å². The number of nitriles is 1. The van der Waals surface area contributed by atoms with Gasteiger partial charge < -0.3 is 14.5 Å². The third kappa shape index (κ3) is 3.92. The van der Waals surface area contributed by atoms with Crippen LogP contribution in [0.4, 0.5) is 0 Å². The summed E-state index contributed by atoms with van der Waals surface area (Å²) in [6.45, 7) is 10.4. The molecular weight excluding hydrogens is 316 g/mol. The van der Waals surface area contributed by atoms with Gasteiger partial charge in [0.25, 0.3) is 5.56 Å². The number of nitrogens with zero attached hydrogens (tertiary/aromatic N) is 1. The molecule has 0 saturated heterocycles. The summed E-state index contributed by atoms with van der Waals surface area (Å²) in [6, 6.07) is 7.53. The maximum atomic E-state index is 12.1. The van der Waals surface area contributed by atoms with Crippen molar-refractivity contribution in [1.82, 2.24) is 4.98 Å². The van der Waals surface area contributed by atoms with Crippen molar-refractivity contribution in [2.45, 2.75) is 27.2 Å². The molecule has 0 fully saturated rings. The lowest BCUT2D eigenvalue weighted by atomic mass is 9.97. The number of aromatic nitrogens is 1.